The van der Waals surface area contributed by atoms with E-state index in [0.717, 1.165) is 5.56 Å². The maximum atomic E-state index is 13.4. The summed E-state index contributed by atoms with van der Waals surface area (Å²) in [4.78, 5) is 36.3. The highest BCUT2D eigenvalue weighted by Gasteiger charge is 2.29. The van der Waals surface area contributed by atoms with Crippen molar-refractivity contribution in [1.29, 1.82) is 0 Å². The molecule has 0 bridgehead atoms. The summed E-state index contributed by atoms with van der Waals surface area (Å²) in [5.41, 5.74) is 1.22. The molecule has 8 heteroatoms. The molecule has 7 nitrogen and oxygen atoms in total. The van der Waals surface area contributed by atoms with Crippen LogP contribution in [0.1, 0.15) is 25.0 Å². The van der Waals surface area contributed by atoms with E-state index in [-0.39, 0.29) is 18.9 Å². The Bertz CT molecular complexity index is 873. The van der Waals surface area contributed by atoms with Gasteiger partial charge in [-0.25, -0.2) is 14.0 Å². The molecule has 3 N–H and O–H groups in total. The summed E-state index contributed by atoms with van der Waals surface area (Å²) in [5.74, 6) is -2.74. The summed E-state index contributed by atoms with van der Waals surface area (Å²) >= 11 is 0. The van der Waals surface area contributed by atoms with Crippen molar-refractivity contribution in [3.05, 3.63) is 71.5 Å². The number of benzene rings is 2. The lowest BCUT2D eigenvalue weighted by Crippen LogP contribution is -2.54. The Morgan fingerprint density at radius 3 is 2.27 bits per heavy atom. The van der Waals surface area contributed by atoms with E-state index >= 15 is 0 Å². The molecule has 2 aromatic carbocycles. The van der Waals surface area contributed by atoms with Gasteiger partial charge in [-0.2, -0.15) is 0 Å². The van der Waals surface area contributed by atoms with Crippen LogP contribution >= 0.6 is 0 Å². The van der Waals surface area contributed by atoms with Gasteiger partial charge in [-0.1, -0.05) is 56.3 Å². The Morgan fingerprint density at radius 2 is 1.67 bits per heavy atom. The van der Waals surface area contributed by atoms with Gasteiger partial charge in [0.05, 0.1) is 0 Å². The van der Waals surface area contributed by atoms with Crippen LogP contribution in [0.5, 0.6) is 0 Å². The van der Waals surface area contributed by atoms with Crippen LogP contribution in [0.4, 0.5) is 9.18 Å². The zero-order valence-corrected chi connectivity index (χ0v) is 16.8. The van der Waals surface area contributed by atoms with Crippen molar-refractivity contribution in [2.24, 2.45) is 5.92 Å². The molecule has 2 rings (SSSR count). The number of rotatable bonds is 9. The number of nitrogens with one attached hydrogen (secondary N) is 2. The van der Waals surface area contributed by atoms with Crippen molar-refractivity contribution < 1.29 is 28.6 Å². The maximum Gasteiger partial charge on any atom is 0.408 e. The minimum atomic E-state index is -1.28. The number of carboxylic acids is 1. The fraction of sp³-hybridized carbons (Fsp3) is 0.318. The molecule has 0 aliphatic carbocycles. The number of aliphatic carboxylic acids is 1. The highest BCUT2D eigenvalue weighted by Crippen LogP contribution is 2.09. The number of carbonyl (C=O) groups excluding carboxylic acids is 2. The predicted octanol–water partition coefficient (Wildman–Crippen LogP) is 2.89. The Morgan fingerprint density at radius 1 is 1.00 bits per heavy atom. The third-order valence-corrected chi connectivity index (χ3v) is 4.38. The molecule has 0 heterocycles. The molecule has 0 unspecified atom stereocenters. The third kappa shape index (κ3) is 7.20. The van der Waals surface area contributed by atoms with E-state index < -0.39 is 35.9 Å². The molecule has 30 heavy (non-hydrogen) atoms. The van der Waals surface area contributed by atoms with Gasteiger partial charge < -0.3 is 20.5 Å². The fourth-order valence-electron chi connectivity index (χ4n) is 2.79. The first-order valence-electron chi connectivity index (χ1n) is 9.51. The second-order valence-corrected chi connectivity index (χ2v) is 7.16. The average molecular weight is 416 g/mol. The van der Waals surface area contributed by atoms with E-state index in [9.17, 15) is 23.9 Å². The molecule has 0 radical (unpaired) electrons. The van der Waals surface area contributed by atoms with Gasteiger partial charge in [0.2, 0.25) is 5.91 Å². The number of hydrogen-bond donors (Lipinski definition) is 3. The Hall–Kier alpha value is -3.42. The summed E-state index contributed by atoms with van der Waals surface area (Å²) in [6, 6.07) is 12.3. The normalized spacial score (nSPS) is 12.7. The molecule has 0 spiro atoms. The summed E-state index contributed by atoms with van der Waals surface area (Å²) in [7, 11) is 0. The highest BCUT2D eigenvalue weighted by atomic mass is 19.1. The SMILES string of the molecule is CC(C)[C@H](NC(=O)OCc1ccccc1)C(=O)N[C@H](Cc1cccc(F)c1)C(=O)O. The van der Waals surface area contributed by atoms with Gasteiger partial charge in [-0.05, 0) is 29.2 Å². The fourth-order valence-corrected chi connectivity index (χ4v) is 2.79. The Labute approximate surface area is 174 Å². The smallest absolute Gasteiger partial charge is 0.408 e. The number of hydrogen-bond acceptors (Lipinski definition) is 4. The molecule has 0 aromatic heterocycles. The zero-order chi connectivity index (χ0) is 22.1. The lowest BCUT2D eigenvalue weighted by Gasteiger charge is -2.24. The van der Waals surface area contributed by atoms with Gasteiger partial charge >= 0.3 is 12.1 Å². The second kappa shape index (κ2) is 10.9. The first-order valence-corrected chi connectivity index (χ1v) is 9.51. The van der Waals surface area contributed by atoms with Gasteiger partial charge in [0.15, 0.2) is 0 Å². The molecule has 160 valence electrons. The minimum absolute atomic E-state index is 0.0381. The second-order valence-electron chi connectivity index (χ2n) is 7.16. The van der Waals surface area contributed by atoms with Crippen LogP contribution in [0.2, 0.25) is 0 Å². The van der Waals surface area contributed by atoms with E-state index in [1.54, 1.807) is 32.0 Å². The van der Waals surface area contributed by atoms with E-state index in [1.165, 1.54) is 18.2 Å². The largest absolute Gasteiger partial charge is 0.480 e. The molecule has 2 atom stereocenters. The van der Waals surface area contributed by atoms with E-state index in [2.05, 4.69) is 10.6 Å². The minimum Gasteiger partial charge on any atom is -0.480 e. The van der Waals surface area contributed by atoms with Crippen molar-refractivity contribution in [1.82, 2.24) is 10.6 Å². The lowest BCUT2D eigenvalue weighted by molar-refractivity contribution is -0.142. The number of carbonyl (C=O) groups is 3. The number of halogens is 1. The molecule has 0 saturated heterocycles. The highest BCUT2D eigenvalue weighted by molar-refractivity contribution is 5.89. The van der Waals surface area contributed by atoms with Gasteiger partial charge in [0.1, 0.15) is 24.5 Å². The summed E-state index contributed by atoms with van der Waals surface area (Å²) in [6.45, 7) is 3.46. The van der Waals surface area contributed by atoms with Crippen LogP contribution in [-0.4, -0.2) is 35.2 Å². The molecule has 0 saturated carbocycles. The molecule has 0 aliphatic heterocycles. The van der Waals surface area contributed by atoms with Crippen molar-refractivity contribution in [2.75, 3.05) is 0 Å². The lowest BCUT2D eigenvalue weighted by atomic mass is 10.0. The first kappa shape index (κ1) is 22.9. The van der Waals surface area contributed by atoms with E-state index in [0.29, 0.717) is 5.56 Å². The van der Waals surface area contributed by atoms with E-state index in [4.69, 9.17) is 4.74 Å². The Balaban J connectivity index is 1.98. The van der Waals surface area contributed by atoms with Gasteiger partial charge in [0.25, 0.3) is 0 Å². The Kier molecular flexibility index (Phi) is 8.34. The van der Waals surface area contributed by atoms with Crippen molar-refractivity contribution in [3.63, 3.8) is 0 Å². The van der Waals surface area contributed by atoms with Gasteiger partial charge in [-0.15, -0.1) is 0 Å². The van der Waals surface area contributed by atoms with Crippen LogP contribution in [-0.2, 0) is 27.4 Å². The number of ether oxygens (including phenoxy) is 1. The number of carboxylic acid groups (broad SMARTS) is 1. The molecular weight excluding hydrogens is 391 g/mol. The van der Waals surface area contributed by atoms with Crippen LogP contribution in [0, 0.1) is 11.7 Å². The van der Waals surface area contributed by atoms with Crippen LogP contribution in [0.3, 0.4) is 0 Å². The van der Waals surface area contributed by atoms with Crippen LogP contribution < -0.4 is 10.6 Å². The summed E-state index contributed by atoms with van der Waals surface area (Å²) < 4.78 is 18.5. The topological polar surface area (TPSA) is 105 Å². The monoisotopic (exact) mass is 416 g/mol. The molecular formula is C22H25FN2O5. The quantitative estimate of drug-likeness (QED) is 0.583. The molecule has 0 fully saturated rings. The maximum absolute atomic E-state index is 13.4. The van der Waals surface area contributed by atoms with Crippen LogP contribution in [0.15, 0.2) is 54.6 Å². The molecule has 2 aromatic rings. The zero-order valence-electron chi connectivity index (χ0n) is 16.8. The summed E-state index contributed by atoms with van der Waals surface area (Å²) in [5, 5.41) is 14.3. The number of alkyl carbamates (subject to hydrolysis) is 1. The number of amides is 2. The van der Waals surface area contributed by atoms with Gasteiger partial charge in [0, 0.05) is 6.42 Å². The molecule has 0 aliphatic rings. The predicted molar refractivity (Wildman–Crippen MR) is 108 cm³/mol. The van der Waals surface area contributed by atoms with Gasteiger partial charge in [-0.3, -0.25) is 4.79 Å². The van der Waals surface area contributed by atoms with Crippen molar-refractivity contribution >= 4 is 18.0 Å². The van der Waals surface area contributed by atoms with Crippen molar-refractivity contribution in [2.45, 2.75) is 39.0 Å². The third-order valence-electron chi connectivity index (χ3n) is 4.38. The average Bonchev–Trinajstić information content (AvgIpc) is 2.70. The molecule has 2 amide bonds. The van der Waals surface area contributed by atoms with E-state index in [1.807, 2.05) is 18.2 Å². The van der Waals surface area contributed by atoms with Crippen molar-refractivity contribution in [3.8, 4) is 0 Å². The summed E-state index contributed by atoms with van der Waals surface area (Å²) in [6.07, 6.45) is -0.882. The standard InChI is InChI=1S/C22H25FN2O5/c1-14(2)19(25-22(29)30-13-15-7-4-3-5-8-15)20(26)24-18(21(27)28)12-16-9-6-10-17(23)11-16/h3-11,14,18-19H,12-13H2,1-2H3,(H,24,26)(H,25,29)(H,27,28)/t18-,19+/m1/s1. The van der Waals surface area contributed by atoms with Crippen LogP contribution in [0.25, 0.3) is 0 Å². The first-order chi connectivity index (χ1) is 14.3.